The zero-order valence-corrected chi connectivity index (χ0v) is 18.7. The molecule has 2 N–H and O–H groups in total. The first-order valence-electron chi connectivity index (χ1n) is 11.3. The zero-order chi connectivity index (χ0) is 22.1. The topological polar surface area (TPSA) is 89.6 Å². The van der Waals surface area contributed by atoms with E-state index in [1.165, 1.54) is 0 Å². The molecule has 0 spiro atoms. The van der Waals surface area contributed by atoms with Gasteiger partial charge in [0.15, 0.2) is 5.65 Å². The molecule has 1 aromatic carbocycles. The van der Waals surface area contributed by atoms with Crippen LogP contribution in [-0.2, 0) is 16.0 Å². The number of aromatic nitrogens is 3. The molecule has 168 valence electrons. The molecule has 2 aliphatic rings. The Morgan fingerprint density at radius 3 is 2.22 bits per heavy atom. The molecule has 2 aromatic heterocycles. The Morgan fingerprint density at radius 1 is 0.875 bits per heavy atom. The Kier molecular flexibility index (Phi) is 5.91. The smallest absolute Gasteiger partial charge is 0.229 e. The minimum absolute atomic E-state index is 0.211. The summed E-state index contributed by atoms with van der Waals surface area (Å²) in [5.41, 5.74) is 9.50. The van der Waals surface area contributed by atoms with E-state index in [4.69, 9.17) is 30.2 Å². The number of fused-ring (bicyclic) bond motifs is 1. The first-order valence-corrected chi connectivity index (χ1v) is 11.3. The van der Waals surface area contributed by atoms with Crippen LogP contribution in [0.4, 0.5) is 11.8 Å². The molecule has 0 radical (unpaired) electrons. The molecule has 0 amide bonds. The molecule has 0 saturated carbocycles. The van der Waals surface area contributed by atoms with Crippen LogP contribution in [-0.4, -0.2) is 66.6 Å². The molecule has 8 nitrogen and oxygen atoms in total. The molecule has 0 aliphatic carbocycles. The van der Waals surface area contributed by atoms with Crippen LogP contribution in [0.2, 0.25) is 0 Å². The molecule has 2 fully saturated rings. The second kappa shape index (κ2) is 8.97. The number of rotatable bonds is 4. The van der Waals surface area contributed by atoms with E-state index in [0.717, 1.165) is 41.1 Å². The Bertz CT molecular complexity index is 1090. The van der Waals surface area contributed by atoms with Gasteiger partial charge in [-0.05, 0) is 31.5 Å². The molecule has 32 heavy (non-hydrogen) atoms. The highest BCUT2D eigenvalue weighted by atomic mass is 16.5. The van der Waals surface area contributed by atoms with Gasteiger partial charge in [0.1, 0.15) is 5.82 Å². The Hall–Kier alpha value is -2.81. The van der Waals surface area contributed by atoms with Crippen LogP contribution in [0.25, 0.3) is 22.3 Å². The molecule has 8 heteroatoms. The van der Waals surface area contributed by atoms with Crippen molar-refractivity contribution in [3.63, 3.8) is 0 Å². The van der Waals surface area contributed by atoms with Gasteiger partial charge >= 0.3 is 0 Å². The van der Waals surface area contributed by atoms with E-state index in [-0.39, 0.29) is 12.1 Å². The molecule has 2 atom stereocenters. The third-order valence-corrected chi connectivity index (χ3v) is 6.28. The summed E-state index contributed by atoms with van der Waals surface area (Å²) in [4.78, 5) is 19.5. The minimum Gasteiger partial charge on any atom is -0.377 e. The van der Waals surface area contributed by atoms with Crippen LogP contribution in [0.3, 0.4) is 0 Å². The summed E-state index contributed by atoms with van der Waals surface area (Å²) in [6.45, 7) is 9.14. The lowest BCUT2D eigenvalue weighted by molar-refractivity contribution is 0.0973. The van der Waals surface area contributed by atoms with E-state index < -0.39 is 0 Å². The summed E-state index contributed by atoms with van der Waals surface area (Å²) in [5, 5.41) is 0.964. The third kappa shape index (κ3) is 4.01. The highest BCUT2D eigenvalue weighted by molar-refractivity contribution is 5.90. The van der Waals surface area contributed by atoms with Gasteiger partial charge < -0.3 is 25.0 Å². The molecule has 0 unspecified atom stereocenters. The van der Waals surface area contributed by atoms with Crippen LogP contribution in [0.5, 0.6) is 0 Å². The summed E-state index contributed by atoms with van der Waals surface area (Å²) >= 11 is 0. The van der Waals surface area contributed by atoms with Crippen molar-refractivity contribution < 1.29 is 9.47 Å². The van der Waals surface area contributed by atoms with Crippen molar-refractivity contribution in [2.75, 3.05) is 49.3 Å². The van der Waals surface area contributed by atoms with Crippen LogP contribution in [0.15, 0.2) is 36.4 Å². The SMILES string of the molecule is C[C@@H]1COCCN1c1nc(N2CCOC[C@@H]2C)c2ccc(-c3ccc(CN)cc3)nc2n1. The molecular weight excluding hydrogens is 404 g/mol. The zero-order valence-electron chi connectivity index (χ0n) is 18.7. The molecule has 0 bridgehead atoms. The van der Waals surface area contributed by atoms with Crippen molar-refractivity contribution in [2.24, 2.45) is 5.73 Å². The maximum atomic E-state index is 5.75. The van der Waals surface area contributed by atoms with Crippen LogP contribution in [0, 0.1) is 0 Å². The van der Waals surface area contributed by atoms with Crippen molar-refractivity contribution in [1.82, 2.24) is 15.0 Å². The van der Waals surface area contributed by atoms with Gasteiger partial charge in [-0.1, -0.05) is 24.3 Å². The Morgan fingerprint density at radius 2 is 1.56 bits per heavy atom. The highest BCUT2D eigenvalue weighted by Crippen LogP contribution is 2.31. The quantitative estimate of drug-likeness (QED) is 0.670. The molecule has 2 saturated heterocycles. The van der Waals surface area contributed by atoms with E-state index in [1.807, 2.05) is 12.1 Å². The van der Waals surface area contributed by atoms with Gasteiger partial charge in [0, 0.05) is 25.2 Å². The van der Waals surface area contributed by atoms with Crippen molar-refractivity contribution >= 4 is 22.8 Å². The van der Waals surface area contributed by atoms with Gasteiger partial charge in [0.25, 0.3) is 0 Å². The van der Waals surface area contributed by atoms with Crippen molar-refractivity contribution in [1.29, 1.82) is 0 Å². The van der Waals surface area contributed by atoms with Gasteiger partial charge in [0.2, 0.25) is 5.95 Å². The predicted octanol–water partition coefficient (Wildman–Crippen LogP) is 2.60. The second-order valence-corrected chi connectivity index (χ2v) is 8.55. The van der Waals surface area contributed by atoms with Crippen LogP contribution < -0.4 is 15.5 Å². The number of benzene rings is 1. The molecule has 3 aromatic rings. The fourth-order valence-electron chi connectivity index (χ4n) is 4.37. The molecule has 5 rings (SSSR count). The summed E-state index contributed by atoms with van der Waals surface area (Å²) in [6, 6.07) is 12.8. The highest BCUT2D eigenvalue weighted by Gasteiger charge is 2.27. The predicted molar refractivity (Wildman–Crippen MR) is 126 cm³/mol. The van der Waals surface area contributed by atoms with Gasteiger partial charge in [-0.25, -0.2) is 4.98 Å². The van der Waals surface area contributed by atoms with E-state index in [0.29, 0.717) is 44.6 Å². The summed E-state index contributed by atoms with van der Waals surface area (Å²) in [7, 11) is 0. The molecule has 2 aliphatic heterocycles. The van der Waals surface area contributed by atoms with E-state index in [2.05, 4.69) is 47.9 Å². The number of ether oxygens (including phenoxy) is 2. The Labute approximate surface area is 188 Å². The lowest BCUT2D eigenvalue weighted by atomic mass is 10.1. The molecule has 4 heterocycles. The van der Waals surface area contributed by atoms with Crippen LogP contribution >= 0.6 is 0 Å². The van der Waals surface area contributed by atoms with E-state index in [9.17, 15) is 0 Å². The van der Waals surface area contributed by atoms with Crippen molar-refractivity contribution in [3.05, 3.63) is 42.0 Å². The number of morpholine rings is 2. The standard InChI is InChI=1S/C24H30N6O2/c1-16-14-31-11-9-29(16)23-20-7-8-21(19-5-3-18(13-25)4-6-19)26-22(20)27-24(28-23)30-10-12-32-15-17(30)2/h3-8,16-17H,9-15,25H2,1-2H3/t16-,17+/m0/s1. The van der Waals surface area contributed by atoms with Gasteiger partial charge in [-0.15, -0.1) is 0 Å². The number of hydrogen-bond acceptors (Lipinski definition) is 8. The maximum absolute atomic E-state index is 5.75. The summed E-state index contributed by atoms with van der Waals surface area (Å²) < 4.78 is 11.3. The van der Waals surface area contributed by atoms with Gasteiger partial charge in [-0.2, -0.15) is 9.97 Å². The lowest BCUT2D eigenvalue weighted by Crippen LogP contribution is -2.46. The average molecular weight is 435 g/mol. The van der Waals surface area contributed by atoms with Crippen molar-refractivity contribution in [3.8, 4) is 11.3 Å². The monoisotopic (exact) mass is 434 g/mol. The van der Waals surface area contributed by atoms with Gasteiger partial charge in [0.05, 0.1) is 49.6 Å². The fraction of sp³-hybridized carbons (Fsp3) is 0.458. The van der Waals surface area contributed by atoms with Crippen molar-refractivity contribution in [2.45, 2.75) is 32.5 Å². The van der Waals surface area contributed by atoms with E-state index in [1.54, 1.807) is 0 Å². The number of nitrogens with zero attached hydrogens (tertiary/aromatic N) is 5. The fourth-order valence-corrected chi connectivity index (χ4v) is 4.37. The minimum atomic E-state index is 0.211. The molecular formula is C24H30N6O2. The number of anilines is 2. The largest absolute Gasteiger partial charge is 0.377 e. The number of pyridine rings is 1. The average Bonchev–Trinajstić information content (AvgIpc) is 2.84. The van der Waals surface area contributed by atoms with Crippen LogP contribution in [0.1, 0.15) is 19.4 Å². The normalized spacial score (nSPS) is 21.8. The summed E-state index contributed by atoms with van der Waals surface area (Å²) in [5.74, 6) is 1.64. The first-order chi connectivity index (χ1) is 15.6. The third-order valence-electron chi connectivity index (χ3n) is 6.28. The Balaban J connectivity index is 1.63. The summed E-state index contributed by atoms with van der Waals surface area (Å²) in [6.07, 6.45) is 0. The number of hydrogen-bond donors (Lipinski definition) is 1. The van der Waals surface area contributed by atoms with Gasteiger partial charge in [-0.3, -0.25) is 0 Å². The van der Waals surface area contributed by atoms with E-state index >= 15 is 0 Å². The number of nitrogens with two attached hydrogens (primary N) is 1. The first kappa shape index (κ1) is 21.1. The second-order valence-electron chi connectivity index (χ2n) is 8.55. The lowest BCUT2D eigenvalue weighted by Gasteiger charge is -2.37. The maximum Gasteiger partial charge on any atom is 0.229 e.